The highest BCUT2D eigenvalue weighted by atomic mass is 16.5. The Morgan fingerprint density at radius 3 is 2.72 bits per heavy atom. The van der Waals surface area contributed by atoms with Crippen LogP contribution in [-0.4, -0.2) is 49.8 Å². The third kappa shape index (κ3) is 4.22. The van der Waals surface area contributed by atoms with Crippen molar-refractivity contribution in [1.29, 1.82) is 0 Å². The molecule has 0 spiro atoms. The van der Waals surface area contributed by atoms with Gasteiger partial charge in [0.05, 0.1) is 6.61 Å². The molecule has 2 fully saturated rings. The summed E-state index contributed by atoms with van der Waals surface area (Å²) in [4.78, 5) is 2.66. The van der Waals surface area contributed by atoms with E-state index in [1.807, 2.05) is 0 Å². The molecule has 0 aromatic rings. The van der Waals surface area contributed by atoms with Gasteiger partial charge in [-0.15, -0.1) is 0 Å². The average Bonchev–Trinajstić information content (AvgIpc) is 3.22. The summed E-state index contributed by atoms with van der Waals surface area (Å²) in [5, 5.41) is 3.74. The van der Waals surface area contributed by atoms with Gasteiger partial charge in [-0.25, -0.2) is 0 Å². The Morgan fingerprint density at radius 2 is 2.06 bits per heavy atom. The summed E-state index contributed by atoms with van der Waals surface area (Å²) in [6, 6.07) is 1.47. The van der Waals surface area contributed by atoms with E-state index in [1.54, 1.807) is 0 Å². The molecule has 0 aromatic heterocycles. The predicted molar refractivity (Wildman–Crippen MR) is 75.9 cm³/mol. The number of piperazine rings is 1. The topological polar surface area (TPSA) is 24.5 Å². The summed E-state index contributed by atoms with van der Waals surface area (Å²) in [5.41, 5.74) is 0. The third-order valence-corrected chi connectivity index (χ3v) is 4.39. The molecule has 1 saturated carbocycles. The zero-order chi connectivity index (χ0) is 12.8. The van der Waals surface area contributed by atoms with Gasteiger partial charge >= 0.3 is 0 Å². The van der Waals surface area contributed by atoms with Gasteiger partial charge in [-0.1, -0.05) is 20.3 Å². The molecule has 0 bridgehead atoms. The molecule has 3 nitrogen and oxygen atoms in total. The van der Waals surface area contributed by atoms with Gasteiger partial charge in [-0.05, 0) is 31.6 Å². The van der Waals surface area contributed by atoms with Crippen LogP contribution in [0.2, 0.25) is 0 Å². The van der Waals surface area contributed by atoms with Crippen LogP contribution in [0.5, 0.6) is 0 Å². The first-order valence-electron chi connectivity index (χ1n) is 7.90. The molecule has 2 aliphatic rings. The van der Waals surface area contributed by atoms with Crippen LogP contribution < -0.4 is 5.32 Å². The van der Waals surface area contributed by atoms with E-state index in [2.05, 4.69) is 24.1 Å². The number of rotatable bonds is 8. The number of hydrogen-bond acceptors (Lipinski definition) is 3. The first-order chi connectivity index (χ1) is 8.85. The average molecular weight is 254 g/mol. The summed E-state index contributed by atoms with van der Waals surface area (Å²) in [6.45, 7) is 9.89. The molecule has 1 saturated heterocycles. The smallest absolute Gasteiger partial charge is 0.0593 e. The lowest BCUT2D eigenvalue weighted by Crippen LogP contribution is -2.57. The molecule has 1 N–H and O–H groups in total. The Hall–Kier alpha value is -0.120. The standard InChI is InChI=1S/C15H30N2O/c1-3-5-9-18-10-8-17-12-15(13-6-7-13)16-11-14(17)4-2/h13-16H,3-12H2,1-2H3. The minimum atomic E-state index is 0.717. The minimum Gasteiger partial charge on any atom is -0.380 e. The van der Waals surface area contributed by atoms with Gasteiger partial charge in [0.2, 0.25) is 0 Å². The van der Waals surface area contributed by atoms with Crippen molar-refractivity contribution in [1.82, 2.24) is 10.2 Å². The van der Waals surface area contributed by atoms with Crippen LogP contribution in [-0.2, 0) is 4.74 Å². The highest BCUT2D eigenvalue weighted by Gasteiger charge is 2.36. The van der Waals surface area contributed by atoms with Crippen molar-refractivity contribution in [3.05, 3.63) is 0 Å². The monoisotopic (exact) mass is 254 g/mol. The van der Waals surface area contributed by atoms with Crippen LogP contribution in [0.3, 0.4) is 0 Å². The van der Waals surface area contributed by atoms with Crippen LogP contribution in [0.25, 0.3) is 0 Å². The summed E-state index contributed by atoms with van der Waals surface area (Å²) < 4.78 is 5.72. The first kappa shape index (κ1) is 14.3. The fourth-order valence-corrected chi connectivity index (χ4v) is 2.90. The van der Waals surface area contributed by atoms with Crippen LogP contribution in [0.15, 0.2) is 0 Å². The number of ether oxygens (including phenoxy) is 1. The van der Waals surface area contributed by atoms with E-state index in [0.29, 0.717) is 0 Å². The van der Waals surface area contributed by atoms with Gasteiger partial charge < -0.3 is 10.1 Å². The highest BCUT2D eigenvalue weighted by Crippen LogP contribution is 2.34. The predicted octanol–water partition coefficient (Wildman–Crippen LogP) is 2.27. The van der Waals surface area contributed by atoms with Crippen molar-refractivity contribution in [2.24, 2.45) is 5.92 Å². The van der Waals surface area contributed by atoms with Gasteiger partial charge in [0.1, 0.15) is 0 Å². The Kier molecular flexibility index (Phi) is 5.93. The maximum Gasteiger partial charge on any atom is 0.0593 e. The second-order valence-corrected chi connectivity index (χ2v) is 5.88. The van der Waals surface area contributed by atoms with Gasteiger partial charge in [-0.2, -0.15) is 0 Å². The molecule has 0 amide bonds. The van der Waals surface area contributed by atoms with Crippen LogP contribution in [0.4, 0.5) is 0 Å². The second-order valence-electron chi connectivity index (χ2n) is 5.88. The van der Waals surface area contributed by atoms with Crippen LogP contribution in [0.1, 0.15) is 46.0 Å². The molecule has 106 valence electrons. The quantitative estimate of drug-likeness (QED) is 0.673. The van der Waals surface area contributed by atoms with E-state index < -0.39 is 0 Å². The van der Waals surface area contributed by atoms with Crippen molar-refractivity contribution in [3.63, 3.8) is 0 Å². The summed E-state index contributed by atoms with van der Waals surface area (Å²) in [5.74, 6) is 0.964. The second kappa shape index (κ2) is 7.46. The van der Waals surface area contributed by atoms with Crippen molar-refractivity contribution in [2.45, 2.75) is 58.0 Å². The maximum atomic E-state index is 5.72. The Morgan fingerprint density at radius 1 is 1.22 bits per heavy atom. The fourth-order valence-electron chi connectivity index (χ4n) is 2.90. The van der Waals surface area contributed by atoms with Crippen molar-refractivity contribution in [2.75, 3.05) is 32.8 Å². The highest BCUT2D eigenvalue weighted by molar-refractivity contribution is 4.94. The molecule has 1 heterocycles. The zero-order valence-electron chi connectivity index (χ0n) is 12.2. The van der Waals surface area contributed by atoms with E-state index in [4.69, 9.17) is 4.74 Å². The fraction of sp³-hybridized carbons (Fsp3) is 1.00. The molecule has 1 aliphatic carbocycles. The minimum absolute atomic E-state index is 0.717. The van der Waals surface area contributed by atoms with Crippen molar-refractivity contribution < 1.29 is 4.74 Å². The molecular weight excluding hydrogens is 224 g/mol. The van der Waals surface area contributed by atoms with E-state index in [0.717, 1.165) is 37.8 Å². The lowest BCUT2D eigenvalue weighted by atomic mass is 10.0. The van der Waals surface area contributed by atoms with E-state index in [-0.39, 0.29) is 0 Å². The third-order valence-electron chi connectivity index (χ3n) is 4.39. The van der Waals surface area contributed by atoms with E-state index in [9.17, 15) is 0 Å². The molecule has 0 aromatic carbocycles. The Balaban J connectivity index is 1.68. The van der Waals surface area contributed by atoms with Gasteiger partial charge in [-0.3, -0.25) is 4.90 Å². The molecule has 2 unspecified atom stereocenters. The van der Waals surface area contributed by atoms with Crippen LogP contribution >= 0.6 is 0 Å². The molecule has 1 aliphatic heterocycles. The van der Waals surface area contributed by atoms with Crippen molar-refractivity contribution >= 4 is 0 Å². The normalized spacial score (nSPS) is 29.7. The van der Waals surface area contributed by atoms with E-state index in [1.165, 1.54) is 45.2 Å². The molecule has 18 heavy (non-hydrogen) atoms. The van der Waals surface area contributed by atoms with Crippen LogP contribution in [0, 0.1) is 5.92 Å². The molecule has 0 radical (unpaired) electrons. The number of nitrogens with zero attached hydrogens (tertiary/aromatic N) is 1. The molecule has 2 atom stereocenters. The Bertz CT molecular complexity index is 231. The van der Waals surface area contributed by atoms with Gasteiger partial charge in [0, 0.05) is 38.3 Å². The molecular formula is C15H30N2O. The number of hydrogen-bond donors (Lipinski definition) is 1. The number of nitrogens with one attached hydrogen (secondary N) is 1. The summed E-state index contributed by atoms with van der Waals surface area (Å²) in [7, 11) is 0. The zero-order valence-corrected chi connectivity index (χ0v) is 12.2. The summed E-state index contributed by atoms with van der Waals surface area (Å²) in [6.07, 6.45) is 6.56. The van der Waals surface area contributed by atoms with E-state index >= 15 is 0 Å². The number of unbranched alkanes of at least 4 members (excludes halogenated alkanes) is 1. The largest absolute Gasteiger partial charge is 0.380 e. The lowest BCUT2D eigenvalue weighted by molar-refractivity contribution is 0.0601. The van der Waals surface area contributed by atoms with Gasteiger partial charge in [0.15, 0.2) is 0 Å². The maximum absolute atomic E-state index is 5.72. The summed E-state index contributed by atoms with van der Waals surface area (Å²) >= 11 is 0. The molecule has 2 rings (SSSR count). The Labute approximate surface area is 112 Å². The lowest BCUT2D eigenvalue weighted by Gasteiger charge is -2.40. The molecule has 3 heteroatoms. The SMILES string of the molecule is CCCCOCCN1CC(C2CC2)NCC1CC. The first-order valence-corrected chi connectivity index (χ1v) is 7.90. The van der Waals surface area contributed by atoms with Crippen molar-refractivity contribution in [3.8, 4) is 0 Å². The van der Waals surface area contributed by atoms with Gasteiger partial charge in [0.25, 0.3) is 0 Å².